The van der Waals surface area contributed by atoms with Gasteiger partial charge in [-0.2, -0.15) is 0 Å². The van der Waals surface area contributed by atoms with Crippen LogP contribution in [0.4, 0.5) is 0 Å². The average molecular weight is 559 g/mol. The average Bonchev–Trinajstić information content (AvgIpc) is 2.63. The Bertz CT molecular complexity index is 373. The van der Waals surface area contributed by atoms with Crippen LogP contribution in [-0.4, -0.2) is 28.1 Å². The molecular weight excluding hydrogens is 517 g/mol. The van der Waals surface area contributed by atoms with E-state index in [0.717, 1.165) is 12.8 Å². The monoisotopic (exact) mass is 559 g/mol. The Balaban J connectivity index is -0.000000636. The smallest absolute Gasteiger partial charge is 0.303 e. The van der Waals surface area contributed by atoms with Crippen molar-refractivity contribution in [3.8, 4) is 0 Å². The van der Waals surface area contributed by atoms with E-state index in [1.165, 1.54) is 83.5 Å². The molecule has 0 bridgehead atoms. The first-order valence-electron chi connectivity index (χ1n) is 11.0. The number of hydrogen-bond donors (Lipinski definition) is 2. The van der Waals surface area contributed by atoms with Gasteiger partial charge in [-0.05, 0) is 12.8 Å². The molecule has 6 nitrogen and oxygen atoms in total. The van der Waals surface area contributed by atoms with E-state index in [9.17, 15) is 19.5 Å². The summed E-state index contributed by atoms with van der Waals surface area (Å²) >= 11 is 0. The molecule has 174 valence electrons. The van der Waals surface area contributed by atoms with E-state index < -0.39 is 17.9 Å². The predicted molar refractivity (Wildman–Crippen MR) is 109 cm³/mol. The molecule has 0 fully saturated rings. The van der Waals surface area contributed by atoms with Crippen LogP contribution in [-0.2, 0) is 14.4 Å². The summed E-state index contributed by atoms with van der Waals surface area (Å²) in [5.74, 6) is -3.06. The molecule has 0 aromatic rings. The second kappa shape index (κ2) is 27.7. The number of carboxylic acids is 3. The van der Waals surface area contributed by atoms with Gasteiger partial charge in [-0.1, -0.05) is 96.8 Å². The van der Waals surface area contributed by atoms with Crippen molar-refractivity contribution in [2.75, 3.05) is 0 Å². The van der Waals surface area contributed by atoms with Gasteiger partial charge in [0.1, 0.15) is 0 Å². The van der Waals surface area contributed by atoms with Crippen molar-refractivity contribution >= 4 is 17.9 Å². The molecule has 0 spiro atoms. The third-order valence-corrected chi connectivity index (χ3v) is 4.54. The summed E-state index contributed by atoms with van der Waals surface area (Å²) in [4.78, 5) is 29.5. The quantitative estimate of drug-likeness (QED) is 0.217. The van der Waals surface area contributed by atoms with Crippen molar-refractivity contribution in [2.24, 2.45) is 0 Å². The normalized spacial score (nSPS) is 9.83. The summed E-state index contributed by atoms with van der Waals surface area (Å²) in [7, 11) is 0. The zero-order valence-corrected chi connectivity index (χ0v) is 20.4. The number of carbonyl (C=O) groups is 3. The minimum atomic E-state index is -1.08. The van der Waals surface area contributed by atoms with Crippen LogP contribution in [0, 0.1) is 39.9 Å². The Kier molecular flexibility index (Phi) is 31.9. The largest absolute Gasteiger partial charge is 0.550 e. The Hall–Kier alpha value is -0.265. The van der Waals surface area contributed by atoms with Gasteiger partial charge in [-0.3, -0.25) is 9.59 Å². The molecular formula is C22H41GdO6-. The molecule has 0 aliphatic rings. The fraction of sp³-hybridized carbons (Fsp3) is 0.864. The van der Waals surface area contributed by atoms with Gasteiger partial charge in [0, 0.05) is 45.9 Å². The molecule has 0 heterocycles. The van der Waals surface area contributed by atoms with Crippen LogP contribution in [0.5, 0.6) is 0 Å². The van der Waals surface area contributed by atoms with E-state index in [2.05, 4.69) is 6.92 Å². The fourth-order valence-corrected chi connectivity index (χ4v) is 2.85. The van der Waals surface area contributed by atoms with E-state index >= 15 is 0 Å². The maximum atomic E-state index is 10.2. The topological polar surface area (TPSA) is 115 Å². The minimum Gasteiger partial charge on any atom is -0.550 e. The third-order valence-electron chi connectivity index (χ3n) is 4.54. The van der Waals surface area contributed by atoms with Gasteiger partial charge in [0.2, 0.25) is 0 Å². The summed E-state index contributed by atoms with van der Waals surface area (Å²) in [5.41, 5.74) is 0. The first kappa shape index (κ1) is 33.4. The minimum absolute atomic E-state index is 0. The van der Waals surface area contributed by atoms with Crippen LogP contribution in [0.3, 0.4) is 0 Å². The van der Waals surface area contributed by atoms with E-state index in [-0.39, 0.29) is 59.2 Å². The Morgan fingerprint density at radius 3 is 1.07 bits per heavy atom. The number of carboxylic acid groups (broad SMARTS) is 3. The number of unbranched alkanes of at least 4 members (excludes halogenated alkanes) is 14. The second-order valence-electron chi connectivity index (χ2n) is 7.36. The molecule has 0 amide bonds. The number of carbonyl (C=O) groups excluding carboxylic acids is 1. The molecule has 0 saturated heterocycles. The Labute approximate surface area is 208 Å². The Morgan fingerprint density at radius 1 is 0.552 bits per heavy atom. The predicted octanol–water partition coefficient (Wildman–Crippen LogP) is 4.93. The summed E-state index contributed by atoms with van der Waals surface area (Å²) in [6, 6.07) is 0. The molecule has 0 radical (unpaired) electrons. The van der Waals surface area contributed by atoms with Crippen molar-refractivity contribution in [2.45, 2.75) is 122 Å². The van der Waals surface area contributed by atoms with Crippen molar-refractivity contribution in [1.82, 2.24) is 0 Å². The molecule has 7 heteroatoms. The molecule has 0 aromatic carbocycles. The molecule has 0 aliphatic heterocycles. The molecule has 0 aliphatic carbocycles. The molecule has 0 atom stereocenters. The molecule has 0 aromatic heterocycles. The van der Waals surface area contributed by atoms with Gasteiger partial charge in [0.15, 0.2) is 0 Å². The van der Waals surface area contributed by atoms with Gasteiger partial charge in [0.05, 0.1) is 12.8 Å². The van der Waals surface area contributed by atoms with Crippen molar-refractivity contribution in [3.05, 3.63) is 0 Å². The second-order valence-corrected chi connectivity index (χ2v) is 7.36. The zero-order valence-electron chi connectivity index (χ0n) is 18.1. The van der Waals surface area contributed by atoms with E-state index in [1.54, 1.807) is 0 Å². The van der Waals surface area contributed by atoms with Gasteiger partial charge in [0.25, 0.3) is 0 Å². The van der Waals surface area contributed by atoms with Gasteiger partial charge >= 0.3 is 11.9 Å². The number of hydrogen-bond acceptors (Lipinski definition) is 4. The Morgan fingerprint density at radius 2 is 0.828 bits per heavy atom. The van der Waals surface area contributed by atoms with Crippen LogP contribution >= 0.6 is 0 Å². The van der Waals surface area contributed by atoms with E-state index in [0.29, 0.717) is 0 Å². The molecule has 0 saturated carbocycles. The maximum Gasteiger partial charge on any atom is 0.303 e. The van der Waals surface area contributed by atoms with Gasteiger partial charge in [-0.25, -0.2) is 0 Å². The zero-order chi connectivity index (χ0) is 21.5. The van der Waals surface area contributed by atoms with Crippen molar-refractivity contribution < 1.29 is 69.6 Å². The van der Waals surface area contributed by atoms with Crippen molar-refractivity contribution in [1.29, 1.82) is 0 Å². The molecule has 29 heavy (non-hydrogen) atoms. The molecule has 0 rings (SSSR count). The third kappa shape index (κ3) is 38.9. The fourth-order valence-electron chi connectivity index (χ4n) is 2.85. The molecule has 0 unspecified atom stereocenters. The summed E-state index contributed by atoms with van der Waals surface area (Å²) in [6.45, 7) is 2.27. The van der Waals surface area contributed by atoms with Crippen LogP contribution in [0.25, 0.3) is 0 Å². The number of rotatable bonds is 19. The van der Waals surface area contributed by atoms with Crippen LogP contribution in [0.1, 0.15) is 122 Å². The summed E-state index contributed by atoms with van der Waals surface area (Å²) in [6.07, 6.45) is 19.3. The van der Waals surface area contributed by atoms with Crippen LogP contribution in [0.2, 0.25) is 0 Å². The van der Waals surface area contributed by atoms with Gasteiger partial charge < -0.3 is 20.1 Å². The van der Waals surface area contributed by atoms with E-state index in [4.69, 9.17) is 10.2 Å². The van der Waals surface area contributed by atoms with Gasteiger partial charge in [-0.15, -0.1) is 0 Å². The summed E-state index contributed by atoms with van der Waals surface area (Å²) < 4.78 is 0. The summed E-state index contributed by atoms with van der Waals surface area (Å²) in [5, 5.41) is 26.0. The van der Waals surface area contributed by atoms with E-state index in [1.807, 2.05) is 0 Å². The van der Waals surface area contributed by atoms with Crippen molar-refractivity contribution in [3.63, 3.8) is 0 Å². The first-order chi connectivity index (χ1) is 13.4. The van der Waals surface area contributed by atoms with Crippen LogP contribution in [0.15, 0.2) is 0 Å². The number of aliphatic carboxylic acids is 3. The molecule has 2 N–H and O–H groups in total. The maximum absolute atomic E-state index is 10.2. The standard InChI is InChI=1S/C18H36O2.C4H6O4.Gd/c1-2-3-4-5-6-7-8-9-10-11-12-13-14-15-16-17-18(19)20;5-3(6)1-2-4(7)8;/h2-17H2,1H3,(H,19,20);1-2H2,(H,5,6)(H,7,8);/p-1. The first-order valence-corrected chi connectivity index (χ1v) is 11.0. The van der Waals surface area contributed by atoms with Crippen LogP contribution < -0.4 is 5.11 Å². The SMILES string of the molecule is CCCCCCCCCCCCCCCCCC(=O)[O-].O=C(O)CCC(=O)O.[Gd].